The molecule has 1 aromatic heterocycles. The molecular weight excluding hydrogens is 450 g/mol. The normalized spacial score (nSPS) is 25.5. The summed E-state index contributed by atoms with van der Waals surface area (Å²) in [4.78, 5) is 1.94. The molecule has 0 radical (unpaired) electrons. The van der Waals surface area contributed by atoms with Crippen LogP contribution in [0.25, 0.3) is 10.4 Å². The van der Waals surface area contributed by atoms with Gasteiger partial charge in [-0.2, -0.15) is 0 Å². The summed E-state index contributed by atoms with van der Waals surface area (Å²) in [6, 6.07) is 15.8. The topological polar surface area (TPSA) is 90.2 Å². The van der Waals surface area contributed by atoms with Crippen LogP contribution < -0.4 is 0 Å². The number of aliphatic hydroxyl groups excluding tert-OH is 4. The first kappa shape index (κ1) is 23.9. The van der Waals surface area contributed by atoms with Crippen molar-refractivity contribution in [3.63, 3.8) is 0 Å². The Morgan fingerprint density at radius 2 is 1.76 bits per heavy atom. The summed E-state index contributed by atoms with van der Waals surface area (Å²) >= 11 is 1.52. The van der Waals surface area contributed by atoms with Gasteiger partial charge in [0, 0.05) is 21.7 Å². The molecule has 176 valence electrons. The van der Waals surface area contributed by atoms with Gasteiger partial charge in [0.05, 0.1) is 6.61 Å². The fraction of sp³-hybridized carbons (Fsp3) is 0.360. The monoisotopic (exact) mass is 476 g/mol. The van der Waals surface area contributed by atoms with Crippen LogP contribution in [0.5, 0.6) is 0 Å². The van der Waals surface area contributed by atoms with Crippen LogP contribution in [0.3, 0.4) is 0 Å². The molecule has 3 aromatic rings. The molecule has 1 aliphatic rings. The van der Waals surface area contributed by atoms with Gasteiger partial charge in [0.2, 0.25) is 0 Å². The average molecular weight is 477 g/mol. The molecule has 8 heteroatoms. The summed E-state index contributed by atoms with van der Waals surface area (Å²) in [5, 5.41) is 40.0. The summed E-state index contributed by atoms with van der Waals surface area (Å²) in [6.45, 7) is 1.48. The molecule has 0 unspecified atom stereocenters. The Kier molecular flexibility index (Phi) is 7.23. The molecule has 0 amide bonds. The number of benzene rings is 2. The molecule has 1 aliphatic heterocycles. The van der Waals surface area contributed by atoms with Crippen LogP contribution in [0.2, 0.25) is 0 Å². The SMILES string of the molecule is Cc1ccc([C@@H]2O[C@H](CO)[C@@H](O)[C@H](O)[C@H]2O)cc1Cc1ccc(-c2cccc(C(F)F)c2)s1. The van der Waals surface area contributed by atoms with E-state index in [1.807, 2.05) is 37.3 Å². The number of hydrogen-bond donors (Lipinski definition) is 4. The van der Waals surface area contributed by atoms with Crippen LogP contribution in [0.15, 0.2) is 54.6 Å². The Bertz CT molecular complexity index is 1100. The van der Waals surface area contributed by atoms with Gasteiger partial charge in [-0.1, -0.05) is 36.4 Å². The highest BCUT2D eigenvalue weighted by Crippen LogP contribution is 2.35. The molecule has 0 spiro atoms. The highest BCUT2D eigenvalue weighted by atomic mass is 32.1. The molecule has 0 aliphatic carbocycles. The minimum atomic E-state index is -2.52. The van der Waals surface area contributed by atoms with Gasteiger partial charge in [-0.3, -0.25) is 0 Å². The van der Waals surface area contributed by atoms with Gasteiger partial charge in [0.25, 0.3) is 6.43 Å². The van der Waals surface area contributed by atoms with Crippen molar-refractivity contribution in [2.45, 2.75) is 50.3 Å². The van der Waals surface area contributed by atoms with Gasteiger partial charge < -0.3 is 25.2 Å². The molecule has 4 N–H and O–H groups in total. The number of halogens is 2. The third-order valence-electron chi connectivity index (χ3n) is 6.04. The standard InChI is InChI=1S/C25H26F2O5S/c1-13-5-6-15(24-23(31)22(30)21(29)19(12-28)32-24)10-17(13)11-18-7-8-20(33-18)14-3-2-4-16(9-14)25(26)27/h2-10,19,21-25,28-31H,11-12H2,1H3/t19-,21-,22+,23-,24+/m1/s1. The molecular formula is C25H26F2O5S. The molecule has 5 nitrogen and oxygen atoms in total. The molecule has 1 fully saturated rings. The van der Waals surface area contributed by atoms with Gasteiger partial charge in [-0.15, -0.1) is 11.3 Å². The highest BCUT2D eigenvalue weighted by molar-refractivity contribution is 7.15. The maximum absolute atomic E-state index is 13.0. The van der Waals surface area contributed by atoms with Crippen molar-refractivity contribution in [2.24, 2.45) is 0 Å². The molecule has 4 rings (SSSR count). The van der Waals surface area contributed by atoms with E-state index in [4.69, 9.17) is 4.74 Å². The number of rotatable bonds is 6. The first-order valence-corrected chi connectivity index (χ1v) is 11.5. The number of aryl methyl sites for hydroxylation is 1. The van der Waals surface area contributed by atoms with Gasteiger partial charge in [-0.25, -0.2) is 8.78 Å². The Labute approximate surface area is 194 Å². The van der Waals surface area contributed by atoms with Crippen molar-refractivity contribution in [3.8, 4) is 10.4 Å². The number of hydrogen-bond acceptors (Lipinski definition) is 6. The van der Waals surface area contributed by atoms with Crippen LogP contribution in [0.1, 0.15) is 39.7 Å². The van der Waals surface area contributed by atoms with Crippen molar-refractivity contribution in [3.05, 3.63) is 81.7 Å². The average Bonchev–Trinajstić information content (AvgIpc) is 3.28. The third-order valence-corrected chi connectivity index (χ3v) is 7.18. The lowest BCUT2D eigenvalue weighted by Gasteiger charge is -2.40. The maximum atomic E-state index is 13.0. The predicted octanol–water partition coefficient (Wildman–Crippen LogP) is 3.77. The molecule has 1 saturated heterocycles. The Morgan fingerprint density at radius 3 is 2.48 bits per heavy atom. The summed E-state index contributed by atoms with van der Waals surface area (Å²) in [6.07, 6.45) is -7.96. The van der Waals surface area contributed by atoms with Gasteiger partial charge >= 0.3 is 0 Å². The Hall–Kier alpha value is -2.20. The Morgan fingerprint density at radius 1 is 0.970 bits per heavy atom. The fourth-order valence-electron chi connectivity index (χ4n) is 4.08. The lowest BCUT2D eigenvalue weighted by Crippen LogP contribution is -2.55. The zero-order valence-corrected chi connectivity index (χ0v) is 18.8. The van der Waals surface area contributed by atoms with Gasteiger partial charge in [-0.05, 0) is 47.4 Å². The first-order chi connectivity index (χ1) is 15.8. The lowest BCUT2D eigenvalue weighted by molar-refractivity contribution is -0.231. The molecule has 2 aromatic carbocycles. The first-order valence-electron chi connectivity index (χ1n) is 10.7. The Balaban J connectivity index is 1.57. The van der Waals surface area contributed by atoms with Crippen molar-refractivity contribution < 1.29 is 33.9 Å². The molecule has 0 bridgehead atoms. The molecule has 5 atom stereocenters. The van der Waals surface area contributed by atoms with Crippen LogP contribution in [-0.4, -0.2) is 51.4 Å². The summed E-state index contributed by atoms with van der Waals surface area (Å²) in [7, 11) is 0. The largest absolute Gasteiger partial charge is 0.394 e. The van der Waals surface area contributed by atoms with E-state index < -0.39 is 43.6 Å². The maximum Gasteiger partial charge on any atom is 0.263 e. The zero-order valence-electron chi connectivity index (χ0n) is 17.9. The fourth-order valence-corrected chi connectivity index (χ4v) is 5.11. The summed E-state index contributed by atoms with van der Waals surface area (Å²) in [5.74, 6) is 0. The number of ether oxygens (including phenoxy) is 1. The predicted molar refractivity (Wildman–Crippen MR) is 121 cm³/mol. The number of aliphatic hydroxyl groups is 4. The van der Waals surface area contributed by atoms with Crippen molar-refractivity contribution in [1.29, 1.82) is 0 Å². The second-order valence-corrected chi connectivity index (χ2v) is 9.47. The minimum absolute atomic E-state index is 0.00877. The quantitative estimate of drug-likeness (QED) is 0.435. The van der Waals surface area contributed by atoms with Crippen LogP contribution in [-0.2, 0) is 11.2 Å². The molecule has 0 saturated carbocycles. The highest BCUT2D eigenvalue weighted by Gasteiger charge is 2.44. The molecule has 33 heavy (non-hydrogen) atoms. The second-order valence-electron chi connectivity index (χ2n) is 8.30. The third kappa shape index (κ3) is 5.01. The van der Waals surface area contributed by atoms with Crippen LogP contribution >= 0.6 is 11.3 Å². The van der Waals surface area contributed by atoms with Crippen LogP contribution in [0, 0.1) is 6.92 Å². The van der Waals surface area contributed by atoms with E-state index in [1.54, 1.807) is 12.1 Å². The lowest BCUT2D eigenvalue weighted by atomic mass is 9.89. The zero-order chi connectivity index (χ0) is 23.7. The minimum Gasteiger partial charge on any atom is -0.394 e. The van der Waals surface area contributed by atoms with Crippen molar-refractivity contribution in [1.82, 2.24) is 0 Å². The van der Waals surface area contributed by atoms with E-state index in [9.17, 15) is 29.2 Å². The van der Waals surface area contributed by atoms with E-state index >= 15 is 0 Å². The summed E-state index contributed by atoms with van der Waals surface area (Å²) in [5.41, 5.74) is 3.38. The van der Waals surface area contributed by atoms with E-state index in [0.29, 0.717) is 12.0 Å². The van der Waals surface area contributed by atoms with E-state index in [0.717, 1.165) is 26.4 Å². The second kappa shape index (κ2) is 9.97. The van der Waals surface area contributed by atoms with Gasteiger partial charge in [0.1, 0.15) is 30.5 Å². The van der Waals surface area contributed by atoms with E-state index in [-0.39, 0.29) is 5.56 Å². The molecule has 2 heterocycles. The van der Waals surface area contributed by atoms with E-state index in [1.165, 1.54) is 23.5 Å². The number of thiophene rings is 1. The van der Waals surface area contributed by atoms with Crippen LogP contribution in [0.4, 0.5) is 8.78 Å². The van der Waals surface area contributed by atoms with Crippen molar-refractivity contribution >= 4 is 11.3 Å². The number of alkyl halides is 2. The summed E-state index contributed by atoms with van der Waals surface area (Å²) < 4.78 is 31.8. The van der Waals surface area contributed by atoms with Crippen molar-refractivity contribution in [2.75, 3.05) is 6.61 Å². The smallest absolute Gasteiger partial charge is 0.263 e. The van der Waals surface area contributed by atoms with E-state index in [2.05, 4.69) is 0 Å². The van der Waals surface area contributed by atoms with Gasteiger partial charge in [0.15, 0.2) is 0 Å².